The van der Waals surface area contributed by atoms with Crippen LogP contribution in [-0.2, 0) is 14.9 Å². The van der Waals surface area contributed by atoms with Crippen LogP contribution in [-0.4, -0.2) is 26.9 Å². The van der Waals surface area contributed by atoms with Crippen LogP contribution in [0.1, 0.15) is 42.6 Å². The third-order valence-corrected chi connectivity index (χ3v) is 6.70. The third kappa shape index (κ3) is 4.55. The first-order valence-electron chi connectivity index (χ1n) is 11.9. The van der Waals surface area contributed by atoms with Crippen LogP contribution in [0.15, 0.2) is 85.1 Å². The van der Waals surface area contributed by atoms with Crippen molar-refractivity contribution < 1.29 is 19.4 Å². The van der Waals surface area contributed by atoms with Gasteiger partial charge in [-0.1, -0.05) is 72.8 Å². The zero-order valence-corrected chi connectivity index (χ0v) is 20.1. The fourth-order valence-electron chi connectivity index (χ4n) is 4.43. The number of carboxylic acid groups (broad SMARTS) is 1. The second-order valence-electron chi connectivity index (χ2n) is 9.00. The minimum absolute atomic E-state index is 0.187. The van der Waals surface area contributed by atoms with E-state index in [2.05, 4.69) is 16.5 Å². The number of carbonyl (C=O) groups excluding carboxylic acids is 1. The number of carboxylic acids is 1. The number of nitriles is 1. The lowest BCUT2D eigenvalue weighted by molar-refractivity contribution is -0.140. The predicted molar refractivity (Wildman–Crippen MR) is 137 cm³/mol. The van der Waals surface area contributed by atoms with Gasteiger partial charge < -0.3 is 9.84 Å². The zero-order chi connectivity index (χ0) is 26.0. The second kappa shape index (κ2) is 9.63. The van der Waals surface area contributed by atoms with Gasteiger partial charge in [0.05, 0.1) is 17.3 Å². The number of anilines is 1. The Morgan fingerprint density at radius 1 is 1.05 bits per heavy atom. The summed E-state index contributed by atoms with van der Waals surface area (Å²) in [4.78, 5) is 24.5. The second-order valence-corrected chi connectivity index (χ2v) is 9.00. The monoisotopic (exact) mass is 492 g/mol. The minimum Gasteiger partial charge on any atom is -0.481 e. The van der Waals surface area contributed by atoms with E-state index in [-0.39, 0.29) is 11.4 Å². The summed E-state index contributed by atoms with van der Waals surface area (Å²) in [6, 6.07) is 26.3. The van der Waals surface area contributed by atoms with Crippen LogP contribution >= 0.6 is 0 Å². The number of aromatic nitrogens is 2. The number of ether oxygens (including phenoxy) is 1. The highest BCUT2D eigenvalue weighted by Crippen LogP contribution is 2.48. The Morgan fingerprint density at radius 2 is 1.73 bits per heavy atom. The largest absolute Gasteiger partial charge is 0.481 e. The van der Waals surface area contributed by atoms with Crippen molar-refractivity contribution in [1.29, 1.82) is 5.26 Å². The smallest absolute Gasteiger partial charge is 0.413 e. The molecule has 37 heavy (non-hydrogen) atoms. The van der Waals surface area contributed by atoms with E-state index in [4.69, 9.17) is 4.74 Å². The molecule has 4 aromatic rings. The number of nitrogens with one attached hydrogen (secondary N) is 1. The Balaban J connectivity index is 1.44. The molecule has 8 heteroatoms. The summed E-state index contributed by atoms with van der Waals surface area (Å²) < 4.78 is 7.03. The Labute approximate surface area is 213 Å². The Bertz CT molecular complexity index is 1500. The number of hydrogen-bond acceptors (Lipinski definition) is 5. The van der Waals surface area contributed by atoms with Gasteiger partial charge in [0.1, 0.15) is 17.7 Å². The number of benzene rings is 3. The molecule has 1 aliphatic carbocycles. The number of rotatable bonds is 7. The van der Waals surface area contributed by atoms with Gasteiger partial charge in [-0.15, -0.1) is 0 Å². The molecule has 0 spiro atoms. The molecule has 1 saturated carbocycles. The van der Waals surface area contributed by atoms with Crippen LogP contribution in [0.25, 0.3) is 16.8 Å². The molecule has 1 atom stereocenters. The molecule has 0 saturated heterocycles. The summed E-state index contributed by atoms with van der Waals surface area (Å²) in [7, 11) is 0. The van der Waals surface area contributed by atoms with E-state index in [1.807, 2.05) is 78.9 Å². The van der Waals surface area contributed by atoms with E-state index in [1.165, 1.54) is 10.9 Å². The van der Waals surface area contributed by atoms with Gasteiger partial charge in [-0.05, 0) is 42.5 Å². The average Bonchev–Trinajstić information content (AvgIpc) is 3.65. The molecule has 2 N–H and O–H groups in total. The minimum atomic E-state index is -0.801. The van der Waals surface area contributed by atoms with Gasteiger partial charge in [0.15, 0.2) is 5.82 Å². The SMILES string of the molecule is CC(OC(=O)Nc1c(C#N)cnn1-c1ccccc1-c1ccc(C2(C(=O)O)CC2)cc1)c1ccccc1. The Hall–Kier alpha value is -4.90. The number of aliphatic carboxylic acids is 1. The van der Waals surface area contributed by atoms with E-state index in [9.17, 15) is 20.0 Å². The fourth-order valence-corrected chi connectivity index (χ4v) is 4.43. The predicted octanol–water partition coefficient (Wildman–Crippen LogP) is 5.84. The van der Waals surface area contributed by atoms with Crippen LogP contribution in [0.2, 0.25) is 0 Å². The molecule has 1 unspecified atom stereocenters. The van der Waals surface area contributed by atoms with Gasteiger partial charge >= 0.3 is 12.1 Å². The molecule has 5 rings (SSSR count). The van der Waals surface area contributed by atoms with E-state index in [1.54, 1.807) is 6.92 Å². The summed E-state index contributed by atoms with van der Waals surface area (Å²) in [6.45, 7) is 1.77. The van der Waals surface area contributed by atoms with E-state index >= 15 is 0 Å². The van der Waals surface area contributed by atoms with E-state index in [0.717, 1.165) is 22.3 Å². The highest BCUT2D eigenvalue weighted by atomic mass is 16.6. The van der Waals surface area contributed by atoms with Crippen molar-refractivity contribution >= 4 is 17.9 Å². The lowest BCUT2D eigenvalue weighted by atomic mass is 9.93. The van der Waals surface area contributed by atoms with Crippen LogP contribution in [0, 0.1) is 11.3 Å². The summed E-state index contributed by atoms with van der Waals surface area (Å²) in [5, 5.41) is 26.3. The molecule has 8 nitrogen and oxygen atoms in total. The first-order valence-corrected chi connectivity index (χ1v) is 11.9. The third-order valence-electron chi connectivity index (χ3n) is 6.70. The average molecular weight is 493 g/mol. The number of para-hydroxylation sites is 1. The summed E-state index contributed by atoms with van der Waals surface area (Å²) in [5.41, 5.74) is 3.32. The number of hydrogen-bond donors (Lipinski definition) is 2. The molecular weight excluding hydrogens is 468 g/mol. The van der Waals surface area contributed by atoms with Crippen LogP contribution < -0.4 is 5.32 Å². The maximum Gasteiger partial charge on any atom is 0.413 e. The lowest BCUT2D eigenvalue weighted by Gasteiger charge is -2.17. The topological polar surface area (TPSA) is 117 Å². The van der Waals surface area contributed by atoms with Gasteiger partial charge in [0.2, 0.25) is 0 Å². The number of carbonyl (C=O) groups is 2. The molecule has 1 aliphatic rings. The Kier molecular flexibility index (Phi) is 6.20. The molecule has 184 valence electrons. The quantitative estimate of drug-likeness (QED) is 0.335. The molecule has 0 radical (unpaired) electrons. The van der Waals surface area contributed by atoms with Crippen molar-refractivity contribution in [2.75, 3.05) is 5.32 Å². The first-order chi connectivity index (χ1) is 17.9. The molecular formula is C29H24N4O4. The van der Waals surface area contributed by atoms with E-state index < -0.39 is 23.6 Å². The van der Waals surface area contributed by atoms with Gasteiger partial charge in [-0.3, -0.25) is 10.1 Å². The number of nitrogens with zero attached hydrogens (tertiary/aromatic N) is 3. The molecule has 0 aliphatic heterocycles. The van der Waals surface area contributed by atoms with Crippen molar-refractivity contribution in [3.8, 4) is 22.9 Å². The van der Waals surface area contributed by atoms with Crippen molar-refractivity contribution in [2.45, 2.75) is 31.3 Å². The summed E-state index contributed by atoms with van der Waals surface area (Å²) in [6.07, 6.45) is 1.46. The Morgan fingerprint density at radius 3 is 2.38 bits per heavy atom. The van der Waals surface area contributed by atoms with Crippen LogP contribution in [0.4, 0.5) is 10.6 Å². The van der Waals surface area contributed by atoms with Gasteiger partial charge in [0, 0.05) is 5.56 Å². The van der Waals surface area contributed by atoms with Gasteiger partial charge in [-0.2, -0.15) is 10.4 Å². The van der Waals surface area contributed by atoms with Crippen LogP contribution in [0.5, 0.6) is 0 Å². The van der Waals surface area contributed by atoms with Crippen molar-refractivity contribution in [3.63, 3.8) is 0 Å². The summed E-state index contributed by atoms with van der Waals surface area (Å²) >= 11 is 0. The van der Waals surface area contributed by atoms with Crippen molar-refractivity contribution in [2.24, 2.45) is 0 Å². The van der Waals surface area contributed by atoms with Crippen molar-refractivity contribution in [3.05, 3.63) is 102 Å². The first kappa shape index (κ1) is 23.8. The van der Waals surface area contributed by atoms with E-state index in [0.29, 0.717) is 18.5 Å². The molecule has 3 aromatic carbocycles. The maximum absolute atomic E-state index is 12.8. The highest BCUT2D eigenvalue weighted by Gasteiger charge is 2.51. The zero-order valence-electron chi connectivity index (χ0n) is 20.1. The maximum atomic E-state index is 12.8. The molecule has 1 fully saturated rings. The molecule has 1 aromatic heterocycles. The normalized spacial score (nSPS) is 14.3. The van der Waals surface area contributed by atoms with Crippen molar-refractivity contribution in [1.82, 2.24) is 9.78 Å². The van der Waals surface area contributed by atoms with Gasteiger partial charge in [0.25, 0.3) is 0 Å². The van der Waals surface area contributed by atoms with Gasteiger partial charge in [-0.25, -0.2) is 9.48 Å². The standard InChI is InChI=1S/C29H24N4O4/c1-19(20-7-3-2-4-8-20)37-28(36)32-26-22(17-30)18-31-33(26)25-10-6-5-9-24(25)21-11-13-23(14-12-21)29(15-16-29)27(34)35/h2-14,18-19H,15-16H2,1H3,(H,32,36)(H,34,35). The lowest BCUT2D eigenvalue weighted by Crippen LogP contribution is -2.19. The molecule has 1 heterocycles. The molecule has 0 bridgehead atoms. The van der Waals surface area contributed by atoms with Crippen LogP contribution in [0.3, 0.4) is 0 Å². The highest BCUT2D eigenvalue weighted by molar-refractivity contribution is 5.87. The number of amides is 1. The summed E-state index contributed by atoms with van der Waals surface area (Å²) in [5.74, 6) is -0.606. The molecule has 1 amide bonds. The fraction of sp³-hybridized carbons (Fsp3) is 0.172.